The van der Waals surface area contributed by atoms with E-state index in [-0.39, 0.29) is 5.92 Å². The van der Waals surface area contributed by atoms with E-state index < -0.39 is 12.5 Å². The predicted molar refractivity (Wildman–Crippen MR) is 63.9 cm³/mol. The zero-order valence-corrected chi connectivity index (χ0v) is 9.70. The first kappa shape index (κ1) is 12.5. The minimum atomic E-state index is -2.41. The third kappa shape index (κ3) is 2.82. The van der Waals surface area contributed by atoms with E-state index in [0.717, 1.165) is 19.3 Å². The number of hydrazine groups is 1. The number of hydrogen-bond acceptors (Lipinski definition) is 2. The summed E-state index contributed by atoms with van der Waals surface area (Å²) >= 11 is 0. The van der Waals surface area contributed by atoms with Crippen molar-refractivity contribution in [2.45, 2.75) is 44.1 Å². The summed E-state index contributed by atoms with van der Waals surface area (Å²) in [6, 6.07) is 7.22. The molecule has 0 aromatic heterocycles. The Balaban J connectivity index is 2.13. The highest BCUT2D eigenvalue weighted by atomic mass is 19.3. The summed E-state index contributed by atoms with van der Waals surface area (Å²) in [5, 5.41) is 0. The van der Waals surface area contributed by atoms with Crippen LogP contribution in [0.25, 0.3) is 0 Å². The Morgan fingerprint density at radius 1 is 1.35 bits per heavy atom. The number of benzene rings is 1. The van der Waals surface area contributed by atoms with Gasteiger partial charge in [-0.2, -0.15) is 0 Å². The van der Waals surface area contributed by atoms with Crippen molar-refractivity contribution in [2.75, 3.05) is 0 Å². The highest BCUT2D eigenvalue weighted by molar-refractivity contribution is 5.32. The van der Waals surface area contributed by atoms with Gasteiger partial charge in [0.2, 0.25) is 0 Å². The van der Waals surface area contributed by atoms with Gasteiger partial charge in [-0.1, -0.05) is 24.3 Å². The molecule has 0 amide bonds. The number of nitrogens with one attached hydrogen (secondary N) is 1. The standard InChI is InChI=1S/C13H18F2N2/c14-13(15)12(17-16)8-10-6-3-5-9-4-1-2-7-11(9)10/h1-2,4,7,10,12-13,17H,3,5-6,8,16H2. The molecule has 3 N–H and O–H groups in total. The zero-order chi connectivity index (χ0) is 12.3. The minimum Gasteiger partial charge on any atom is -0.271 e. The van der Waals surface area contributed by atoms with E-state index in [1.54, 1.807) is 0 Å². The van der Waals surface area contributed by atoms with E-state index in [1.165, 1.54) is 11.1 Å². The van der Waals surface area contributed by atoms with Crippen LogP contribution in [0.1, 0.15) is 36.3 Å². The summed E-state index contributed by atoms with van der Waals surface area (Å²) in [7, 11) is 0. The molecule has 0 aliphatic heterocycles. The molecule has 0 fully saturated rings. The molecule has 0 bridgehead atoms. The van der Waals surface area contributed by atoms with Crippen LogP contribution in [-0.4, -0.2) is 12.5 Å². The van der Waals surface area contributed by atoms with Gasteiger partial charge in [-0.05, 0) is 42.7 Å². The second-order valence-corrected chi connectivity index (χ2v) is 4.63. The first-order chi connectivity index (χ1) is 8.22. The van der Waals surface area contributed by atoms with Gasteiger partial charge in [0.1, 0.15) is 0 Å². The Bertz CT molecular complexity index is 368. The lowest BCUT2D eigenvalue weighted by atomic mass is 9.80. The molecule has 0 saturated carbocycles. The van der Waals surface area contributed by atoms with Crippen LogP contribution in [-0.2, 0) is 6.42 Å². The van der Waals surface area contributed by atoms with Crippen molar-refractivity contribution in [1.82, 2.24) is 5.43 Å². The molecule has 4 heteroatoms. The zero-order valence-electron chi connectivity index (χ0n) is 9.70. The Morgan fingerprint density at radius 3 is 2.82 bits per heavy atom. The van der Waals surface area contributed by atoms with Gasteiger partial charge in [-0.3, -0.25) is 11.3 Å². The van der Waals surface area contributed by atoms with Crippen molar-refractivity contribution in [1.29, 1.82) is 0 Å². The molecule has 0 heterocycles. The highest BCUT2D eigenvalue weighted by Gasteiger charge is 2.27. The molecule has 94 valence electrons. The molecule has 2 atom stereocenters. The molecule has 1 aliphatic rings. The van der Waals surface area contributed by atoms with Crippen molar-refractivity contribution >= 4 is 0 Å². The lowest BCUT2D eigenvalue weighted by Crippen LogP contribution is -2.41. The third-order valence-electron chi connectivity index (χ3n) is 3.55. The Hall–Kier alpha value is -1.00. The van der Waals surface area contributed by atoms with Gasteiger partial charge in [0.25, 0.3) is 6.43 Å². The van der Waals surface area contributed by atoms with Crippen LogP contribution >= 0.6 is 0 Å². The van der Waals surface area contributed by atoms with E-state index in [1.807, 2.05) is 12.1 Å². The minimum absolute atomic E-state index is 0.204. The lowest BCUT2D eigenvalue weighted by Gasteiger charge is -2.28. The predicted octanol–water partition coefficient (Wildman–Crippen LogP) is 2.59. The molecule has 2 nitrogen and oxygen atoms in total. The SMILES string of the molecule is NNC(CC1CCCc2ccccc21)C(F)F. The molecule has 17 heavy (non-hydrogen) atoms. The quantitative estimate of drug-likeness (QED) is 0.627. The molecule has 1 aromatic carbocycles. The fourth-order valence-corrected chi connectivity index (χ4v) is 2.65. The molecule has 0 radical (unpaired) electrons. The number of hydrogen-bond donors (Lipinski definition) is 2. The monoisotopic (exact) mass is 240 g/mol. The number of fused-ring (bicyclic) bond motifs is 1. The van der Waals surface area contributed by atoms with Crippen LogP contribution in [0.5, 0.6) is 0 Å². The fraction of sp³-hybridized carbons (Fsp3) is 0.538. The summed E-state index contributed by atoms with van der Waals surface area (Å²) < 4.78 is 25.4. The summed E-state index contributed by atoms with van der Waals surface area (Å²) in [5.41, 5.74) is 4.75. The average Bonchev–Trinajstić information content (AvgIpc) is 2.35. The summed E-state index contributed by atoms with van der Waals surface area (Å²) in [6.45, 7) is 0. The third-order valence-corrected chi connectivity index (χ3v) is 3.55. The van der Waals surface area contributed by atoms with E-state index in [9.17, 15) is 8.78 Å². The van der Waals surface area contributed by atoms with E-state index in [0.29, 0.717) is 6.42 Å². The maximum atomic E-state index is 12.7. The van der Waals surface area contributed by atoms with Gasteiger partial charge >= 0.3 is 0 Å². The number of alkyl halides is 2. The number of nitrogens with two attached hydrogens (primary N) is 1. The van der Waals surface area contributed by atoms with Crippen LogP contribution < -0.4 is 11.3 Å². The normalized spacial score (nSPS) is 21.3. The lowest BCUT2D eigenvalue weighted by molar-refractivity contribution is 0.0896. The van der Waals surface area contributed by atoms with Crippen molar-refractivity contribution in [3.8, 4) is 0 Å². The Labute approximate surface area is 100 Å². The van der Waals surface area contributed by atoms with Gasteiger partial charge < -0.3 is 0 Å². The average molecular weight is 240 g/mol. The number of aryl methyl sites for hydroxylation is 1. The molecule has 2 unspecified atom stereocenters. The molecule has 0 spiro atoms. The fourth-order valence-electron chi connectivity index (χ4n) is 2.65. The second kappa shape index (κ2) is 5.56. The van der Waals surface area contributed by atoms with Crippen LogP contribution in [0.15, 0.2) is 24.3 Å². The summed E-state index contributed by atoms with van der Waals surface area (Å²) in [4.78, 5) is 0. The van der Waals surface area contributed by atoms with Crippen LogP contribution in [0, 0.1) is 0 Å². The molecule has 1 aromatic rings. The molecule has 0 saturated heterocycles. The number of rotatable bonds is 4. The number of halogens is 2. The van der Waals surface area contributed by atoms with Crippen LogP contribution in [0.2, 0.25) is 0 Å². The van der Waals surface area contributed by atoms with Crippen molar-refractivity contribution in [2.24, 2.45) is 5.84 Å². The Morgan fingerprint density at radius 2 is 2.12 bits per heavy atom. The van der Waals surface area contributed by atoms with Gasteiger partial charge in [0.05, 0.1) is 6.04 Å². The topological polar surface area (TPSA) is 38.0 Å². The second-order valence-electron chi connectivity index (χ2n) is 4.63. The van der Waals surface area contributed by atoms with Gasteiger partial charge in [-0.15, -0.1) is 0 Å². The maximum Gasteiger partial charge on any atom is 0.255 e. The van der Waals surface area contributed by atoms with Crippen molar-refractivity contribution in [3.63, 3.8) is 0 Å². The van der Waals surface area contributed by atoms with E-state index in [4.69, 9.17) is 5.84 Å². The van der Waals surface area contributed by atoms with Crippen LogP contribution in [0.3, 0.4) is 0 Å². The van der Waals surface area contributed by atoms with Crippen LogP contribution in [0.4, 0.5) is 8.78 Å². The largest absolute Gasteiger partial charge is 0.271 e. The highest BCUT2D eigenvalue weighted by Crippen LogP contribution is 2.35. The van der Waals surface area contributed by atoms with Gasteiger partial charge in [-0.25, -0.2) is 8.78 Å². The van der Waals surface area contributed by atoms with Gasteiger partial charge in [0.15, 0.2) is 0 Å². The molecule has 1 aliphatic carbocycles. The van der Waals surface area contributed by atoms with Crippen molar-refractivity contribution < 1.29 is 8.78 Å². The Kier molecular flexibility index (Phi) is 4.07. The first-order valence-corrected chi connectivity index (χ1v) is 6.04. The molecular formula is C13H18F2N2. The molecular weight excluding hydrogens is 222 g/mol. The summed E-state index contributed by atoms with van der Waals surface area (Å²) in [6.07, 6.45) is 1.10. The van der Waals surface area contributed by atoms with E-state index >= 15 is 0 Å². The molecule has 2 rings (SSSR count). The van der Waals surface area contributed by atoms with Gasteiger partial charge in [0, 0.05) is 0 Å². The van der Waals surface area contributed by atoms with E-state index in [2.05, 4.69) is 17.6 Å². The van der Waals surface area contributed by atoms with Crippen molar-refractivity contribution in [3.05, 3.63) is 35.4 Å². The maximum absolute atomic E-state index is 12.7. The first-order valence-electron chi connectivity index (χ1n) is 6.04. The summed E-state index contributed by atoms with van der Waals surface area (Å²) in [5.74, 6) is 5.38. The smallest absolute Gasteiger partial charge is 0.255 e.